The molecule has 346 valence electrons. The molecule has 0 aliphatic heterocycles. The molecule has 0 unspecified atom stereocenters. The molecule has 73 heavy (non-hydrogen) atoms. The first-order valence-electron chi connectivity index (χ1n) is 31.7. The fourth-order valence-electron chi connectivity index (χ4n) is 9.33. The monoisotopic (exact) mass is 996 g/mol. The summed E-state index contributed by atoms with van der Waals surface area (Å²) in [4.78, 5) is 2.61. The van der Waals surface area contributed by atoms with Crippen LogP contribution in [-0.4, -0.2) is 0 Å². The molecule has 14 aromatic rings. The van der Waals surface area contributed by atoms with Crippen LogP contribution < -0.4 is 9.80 Å². The lowest BCUT2D eigenvalue weighted by molar-refractivity contribution is 0.668. The van der Waals surface area contributed by atoms with Crippen molar-refractivity contribution in [3.63, 3.8) is 0 Å². The van der Waals surface area contributed by atoms with E-state index in [0.717, 1.165) is 17.5 Å². The van der Waals surface area contributed by atoms with E-state index in [4.69, 9.17) is 47.4 Å². The number of anilines is 6. The molecular weight excluding hydrogens is 940 g/mol. The second-order valence-corrected chi connectivity index (χ2v) is 17.6. The zero-order valence-electron chi connectivity index (χ0n) is 55.6. The maximum atomic E-state index is 10.5. The number of nitrogens with zero attached hydrogens (tertiary/aromatic N) is 2. The standard InChI is InChI=1S/C66H40Cl2N2O3/c67-47-19-13-21-49(38-47)69(59-36-45(41-15-3-1-4-16-41)34-57-54-24-8-11-27-62(54)72-65(57)59)51-31-44(43-29-30-64-56(33-43)53-23-7-10-26-61(53)71-64)32-52(40-51)70(50-22-14-20-48(68)39-50)60-37-46(42-17-5-2-6-18-42)35-58-55-25-9-12-28-63(55)73-66(58)60/h1-40H/i8D,9D,11D,12D,13D,14D,19D,20D,24D,25D,27D,28D,34D,35D,36D,37D,38D,39D. The van der Waals surface area contributed by atoms with Crippen molar-refractivity contribution in [3.05, 3.63) is 252 Å². The smallest absolute Gasteiger partial charge is 0.159 e. The van der Waals surface area contributed by atoms with Crippen LogP contribution in [0.15, 0.2) is 255 Å². The predicted molar refractivity (Wildman–Crippen MR) is 304 cm³/mol. The normalized spacial score (nSPS) is 15.2. The van der Waals surface area contributed by atoms with Crippen molar-refractivity contribution in [2.24, 2.45) is 0 Å². The molecule has 0 N–H and O–H groups in total. The van der Waals surface area contributed by atoms with E-state index >= 15 is 0 Å². The second-order valence-electron chi connectivity index (χ2n) is 16.9. The number of benzene rings is 11. The van der Waals surface area contributed by atoms with Crippen LogP contribution in [0.2, 0.25) is 10.0 Å². The van der Waals surface area contributed by atoms with E-state index < -0.39 is 107 Å². The van der Waals surface area contributed by atoms with Gasteiger partial charge in [-0.05, 0) is 142 Å². The summed E-state index contributed by atoms with van der Waals surface area (Å²) in [6.07, 6.45) is 0. The largest absolute Gasteiger partial charge is 0.456 e. The SMILES string of the molecule is [2H]c1cc(N(c2cc(-c3ccc4oc5ccccc5c4c3)cc(N(c3cc([2H])c([2H])c(Cl)c3[2H])c3c([2H])c(-c4ccccc4)c([2H])c4c3oc3c([2H])c([2H])c([2H])c([2H])c34)c2)c2c([2H])c(-c3ccccc3)c([2H])c3c2oc2c([2H])c([2H])c([2H])c([2H])c23)c([2H])c(Cl)c1[2H]. The van der Waals surface area contributed by atoms with Gasteiger partial charge in [0.15, 0.2) is 11.2 Å². The van der Waals surface area contributed by atoms with E-state index in [1.807, 2.05) is 24.3 Å². The molecule has 0 saturated heterocycles. The lowest BCUT2D eigenvalue weighted by Crippen LogP contribution is -2.14. The average Bonchev–Trinajstić information content (AvgIpc) is 1.66. The van der Waals surface area contributed by atoms with Crippen molar-refractivity contribution >= 4 is 123 Å². The van der Waals surface area contributed by atoms with E-state index in [9.17, 15) is 13.7 Å². The highest BCUT2D eigenvalue weighted by Gasteiger charge is 2.27. The Morgan fingerprint density at radius 2 is 0.822 bits per heavy atom. The Morgan fingerprint density at radius 3 is 1.38 bits per heavy atom. The van der Waals surface area contributed by atoms with E-state index in [-0.39, 0.29) is 107 Å². The van der Waals surface area contributed by atoms with Crippen molar-refractivity contribution < 1.29 is 37.9 Å². The van der Waals surface area contributed by atoms with Gasteiger partial charge in [0.25, 0.3) is 0 Å². The van der Waals surface area contributed by atoms with Gasteiger partial charge in [0, 0.05) is 65.1 Å². The Morgan fingerprint density at radius 1 is 0.315 bits per heavy atom. The highest BCUT2D eigenvalue weighted by molar-refractivity contribution is 6.31. The van der Waals surface area contributed by atoms with Crippen molar-refractivity contribution in [1.82, 2.24) is 0 Å². The summed E-state index contributed by atoms with van der Waals surface area (Å²) in [7, 11) is 0. The zero-order chi connectivity index (χ0) is 64.2. The van der Waals surface area contributed by atoms with Crippen LogP contribution >= 0.6 is 23.2 Å². The number of halogens is 2. The number of para-hydroxylation sites is 3. The molecule has 0 aliphatic rings. The number of fused-ring (bicyclic) bond motifs is 9. The van der Waals surface area contributed by atoms with Gasteiger partial charge in [-0.25, -0.2) is 0 Å². The summed E-state index contributed by atoms with van der Waals surface area (Å²) < 4.78 is 188. The third-order valence-corrected chi connectivity index (χ3v) is 12.9. The molecule has 14 rings (SSSR count). The fourth-order valence-corrected chi connectivity index (χ4v) is 9.63. The first-order chi connectivity index (χ1) is 43.5. The maximum absolute atomic E-state index is 10.5. The minimum absolute atomic E-state index is 0.0731. The highest BCUT2D eigenvalue weighted by atomic mass is 35.5. The van der Waals surface area contributed by atoms with Crippen LogP contribution in [0, 0.1) is 0 Å². The maximum Gasteiger partial charge on any atom is 0.159 e. The molecular formula is C66H40Cl2N2O3. The molecule has 0 bridgehead atoms. The van der Waals surface area contributed by atoms with Crippen molar-refractivity contribution in [2.45, 2.75) is 0 Å². The summed E-state index contributed by atoms with van der Waals surface area (Å²) in [5.74, 6) is 0. The van der Waals surface area contributed by atoms with Crippen LogP contribution in [0.5, 0.6) is 0 Å². The summed E-state index contributed by atoms with van der Waals surface area (Å²) in [6.45, 7) is 0. The number of hydrogen-bond donors (Lipinski definition) is 0. The van der Waals surface area contributed by atoms with Gasteiger partial charge in [0.1, 0.15) is 22.3 Å². The molecule has 0 radical (unpaired) electrons. The minimum Gasteiger partial charge on any atom is -0.456 e. The Kier molecular flexibility index (Phi) is 6.71. The molecule has 5 nitrogen and oxygen atoms in total. The van der Waals surface area contributed by atoms with Gasteiger partial charge in [-0.3, -0.25) is 0 Å². The minimum atomic E-state index is -0.664. The molecule has 0 aliphatic carbocycles. The zero-order valence-corrected chi connectivity index (χ0v) is 39.1. The third-order valence-electron chi connectivity index (χ3n) is 12.5. The van der Waals surface area contributed by atoms with Gasteiger partial charge in [-0.2, -0.15) is 0 Å². The second kappa shape index (κ2) is 17.4. The van der Waals surface area contributed by atoms with Crippen LogP contribution in [0.1, 0.15) is 24.7 Å². The molecule has 3 aromatic heterocycles. The van der Waals surface area contributed by atoms with Crippen LogP contribution in [0.3, 0.4) is 0 Å². The quantitative estimate of drug-likeness (QED) is 0.144. The van der Waals surface area contributed by atoms with Gasteiger partial charge in [0.2, 0.25) is 0 Å². The summed E-state index contributed by atoms with van der Waals surface area (Å²) in [5.41, 5.74) is -0.569. The lowest BCUT2D eigenvalue weighted by Gasteiger charge is -2.31. The molecule has 3 heterocycles. The number of rotatable bonds is 9. The van der Waals surface area contributed by atoms with Crippen LogP contribution in [0.25, 0.3) is 99.2 Å². The lowest BCUT2D eigenvalue weighted by atomic mass is 9.98. The van der Waals surface area contributed by atoms with Gasteiger partial charge >= 0.3 is 0 Å². The first kappa shape index (κ1) is 28.1. The summed E-state index contributed by atoms with van der Waals surface area (Å²) in [6, 6.07) is 26.5. The molecule has 0 amide bonds. The van der Waals surface area contributed by atoms with Gasteiger partial charge in [0.05, 0.1) is 36.0 Å². The Labute approximate surface area is 455 Å². The van der Waals surface area contributed by atoms with E-state index in [1.165, 1.54) is 15.9 Å². The first-order valence-corrected chi connectivity index (χ1v) is 23.5. The van der Waals surface area contributed by atoms with Gasteiger partial charge in [-0.1, -0.05) is 156 Å². The Bertz CT molecular complexity index is 5250. The van der Waals surface area contributed by atoms with Crippen molar-refractivity contribution in [2.75, 3.05) is 9.80 Å². The van der Waals surface area contributed by atoms with Crippen LogP contribution in [-0.2, 0) is 0 Å². The topological polar surface area (TPSA) is 45.9 Å². The average molecular weight is 998 g/mol. The number of furan rings is 3. The molecule has 7 heteroatoms. The van der Waals surface area contributed by atoms with Gasteiger partial charge < -0.3 is 23.1 Å². The Hall–Kier alpha value is -9.00. The van der Waals surface area contributed by atoms with E-state index in [1.54, 1.807) is 91.0 Å². The molecule has 0 fully saturated rings. The molecule has 0 saturated carbocycles. The molecule has 11 aromatic carbocycles. The molecule has 0 atom stereocenters. The van der Waals surface area contributed by atoms with E-state index in [0.29, 0.717) is 33.2 Å². The molecule has 0 spiro atoms. The van der Waals surface area contributed by atoms with Crippen molar-refractivity contribution in [3.8, 4) is 33.4 Å². The predicted octanol–water partition coefficient (Wildman–Crippen LogP) is 20.6. The van der Waals surface area contributed by atoms with Gasteiger partial charge in [-0.15, -0.1) is 0 Å². The fraction of sp³-hybridized carbons (Fsp3) is 0. The summed E-state index contributed by atoms with van der Waals surface area (Å²) >= 11 is 13.8. The van der Waals surface area contributed by atoms with E-state index in [2.05, 4.69) is 0 Å². The van der Waals surface area contributed by atoms with Crippen LogP contribution in [0.4, 0.5) is 34.1 Å². The Balaban J connectivity index is 1.22. The van der Waals surface area contributed by atoms with Crippen molar-refractivity contribution in [1.29, 1.82) is 0 Å². The third kappa shape index (κ3) is 7.48. The number of hydrogen-bond acceptors (Lipinski definition) is 5. The summed E-state index contributed by atoms with van der Waals surface area (Å²) in [5, 5.41) is -0.422. The highest BCUT2D eigenvalue weighted by Crippen LogP contribution is 2.50.